The smallest absolute Gasteiger partial charge is 0.344 e. The maximum Gasteiger partial charge on any atom is 0.344 e. The van der Waals surface area contributed by atoms with Gasteiger partial charge < -0.3 is 4.74 Å². The second-order valence-corrected chi connectivity index (χ2v) is 1.75. The Kier molecular flexibility index (Phi) is 3.81. The lowest BCUT2D eigenvalue weighted by Crippen LogP contribution is -1.98. The highest BCUT2D eigenvalue weighted by molar-refractivity contribution is 7.88. The van der Waals surface area contributed by atoms with E-state index in [4.69, 9.17) is 0 Å². The van der Waals surface area contributed by atoms with E-state index in [1.807, 2.05) is 0 Å². The van der Waals surface area contributed by atoms with Crippen molar-refractivity contribution in [2.24, 2.45) is 0 Å². The Labute approximate surface area is 58.7 Å². The Morgan fingerprint density at radius 2 is 2.25 bits per heavy atom. The Morgan fingerprint density at radius 1 is 1.75 bits per heavy atom. The van der Waals surface area contributed by atoms with Gasteiger partial charge in [-0.1, -0.05) is 0 Å². The fourth-order valence-corrected chi connectivity index (χ4v) is 0.354. The van der Waals surface area contributed by atoms with Crippen LogP contribution in [-0.4, -0.2) is 13.1 Å². The average Bonchev–Trinajstić information content (AvgIpc) is 1.84. The molecule has 0 bridgehead atoms. The summed E-state index contributed by atoms with van der Waals surface area (Å²) >= 11 is 7.38. The summed E-state index contributed by atoms with van der Waals surface area (Å²) < 4.78 is 4.27. The maximum atomic E-state index is 10.3. The van der Waals surface area contributed by atoms with Gasteiger partial charge in [-0.05, 0) is 5.41 Å². The van der Waals surface area contributed by atoms with Gasteiger partial charge in [-0.15, -0.1) is 25.3 Å². The summed E-state index contributed by atoms with van der Waals surface area (Å²) in [6, 6.07) is 0. The van der Waals surface area contributed by atoms with E-state index in [0.717, 1.165) is 0 Å². The summed E-state index contributed by atoms with van der Waals surface area (Å²) in [6.07, 6.45) is 0. The molecule has 0 heterocycles. The van der Waals surface area contributed by atoms with Crippen molar-refractivity contribution in [1.29, 1.82) is 0 Å². The van der Waals surface area contributed by atoms with E-state index < -0.39 is 5.97 Å². The third kappa shape index (κ3) is 2.28. The van der Waals surface area contributed by atoms with Crippen molar-refractivity contribution in [1.82, 2.24) is 0 Å². The molecule has 0 aliphatic rings. The number of rotatable bonds is 1. The maximum absolute atomic E-state index is 10.3. The third-order valence-electron chi connectivity index (χ3n) is 0.517. The molecule has 46 valence electrons. The van der Waals surface area contributed by atoms with Crippen LogP contribution < -0.4 is 0 Å². The minimum absolute atomic E-state index is 0.204. The largest absolute Gasteiger partial charge is 0.465 e. The lowest BCUT2D eigenvalue weighted by molar-refractivity contribution is -0.135. The van der Waals surface area contributed by atoms with Gasteiger partial charge in [0.25, 0.3) is 0 Å². The molecule has 0 saturated carbocycles. The number of methoxy groups -OCH3 is 1. The van der Waals surface area contributed by atoms with Gasteiger partial charge in [0.1, 0.15) is 0 Å². The monoisotopic (exact) mass is 150 g/mol. The van der Waals surface area contributed by atoms with Gasteiger partial charge in [-0.2, -0.15) is 0 Å². The van der Waals surface area contributed by atoms with Gasteiger partial charge in [0, 0.05) is 0 Å². The molecule has 0 saturated heterocycles. The molecular weight excluding hydrogens is 144 g/mol. The highest BCUT2D eigenvalue weighted by Crippen LogP contribution is 2.02. The van der Waals surface area contributed by atoms with Crippen LogP contribution in [0.15, 0.2) is 10.3 Å². The first-order valence-corrected chi connectivity index (χ1v) is 2.80. The SMILES string of the molecule is COC(=O)C(S)=CS. The van der Waals surface area contributed by atoms with Gasteiger partial charge in [-0.3, -0.25) is 0 Å². The molecule has 0 atom stereocenters. The zero-order valence-electron chi connectivity index (χ0n) is 4.29. The highest BCUT2D eigenvalue weighted by atomic mass is 32.1. The van der Waals surface area contributed by atoms with E-state index in [1.165, 1.54) is 12.5 Å². The molecule has 8 heavy (non-hydrogen) atoms. The first kappa shape index (κ1) is 7.91. The van der Waals surface area contributed by atoms with Crippen molar-refractivity contribution in [3.63, 3.8) is 0 Å². The number of hydrogen-bond donors (Lipinski definition) is 2. The Balaban J connectivity index is 3.83. The summed E-state index contributed by atoms with van der Waals surface area (Å²) in [5.74, 6) is -0.469. The summed E-state index contributed by atoms with van der Waals surface area (Å²) in [5.41, 5.74) is 0. The third-order valence-corrected chi connectivity index (χ3v) is 1.29. The molecule has 0 rings (SSSR count). The van der Waals surface area contributed by atoms with Crippen LogP contribution in [0.5, 0.6) is 0 Å². The number of carbonyl (C=O) groups excluding carboxylic acids is 1. The van der Waals surface area contributed by atoms with Crippen LogP contribution in [0, 0.1) is 0 Å². The fraction of sp³-hybridized carbons (Fsp3) is 0.250. The zero-order chi connectivity index (χ0) is 6.57. The van der Waals surface area contributed by atoms with Crippen molar-refractivity contribution in [2.75, 3.05) is 7.11 Å². The molecule has 0 N–H and O–H groups in total. The van der Waals surface area contributed by atoms with E-state index in [-0.39, 0.29) is 4.91 Å². The summed E-state index contributed by atoms with van der Waals surface area (Å²) in [6.45, 7) is 0. The van der Waals surface area contributed by atoms with Crippen molar-refractivity contribution in [3.05, 3.63) is 10.3 Å². The predicted molar refractivity (Wildman–Crippen MR) is 38.1 cm³/mol. The summed E-state index contributed by atoms with van der Waals surface area (Å²) in [5, 5.41) is 1.27. The van der Waals surface area contributed by atoms with Crippen molar-refractivity contribution in [2.45, 2.75) is 0 Å². The number of thiol groups is 2. The second-order valence-electron chi connectivity index (χ2n) is 1.01. The first-order chi connectivity index (χ1) is 3.72. The number of carbonyl (C=O) groups is 1. The topological polar surface area (TPSA) is 26.3 Å². The average molecular weight is 150 g/mol. The molecule has 0 aromatic rings. The van der Waals surface area contributed by atoms with Gasteiger partial charge in [0.15, 0.2) is 0 Å². The molecule has 0 aromatic carbocycles. The van der Waals surface area contributed by atoms with E-state index in [9.17, 15) is 4.79 Å². The lowest BCUT2D eigenvalue weighted by atomic mass is 10.6. The van der Waals surface area contributed by atoms with E-state index >= 15 is 0 Å². The highest BCUT2D eigenvalue weighted by Gasteiger charge is 2.00. The lowest BCUT2D eigenvalue weighted by Gasteiger charge is -1.92. The second kappa shape index (κ2) is 3.86. The van der Waals surface area contributed by atoms with Gasteiger partial charge >= 0.3 is 5.97 Å². The molecule has 0 fully saturated rings. The quantitative estimate of drug-likeness (QED) is 0.329. The minimum atomic E-state index is -0.469. The van der Waals surface area contributed by atoms with Gasteiger partial charge in [0.2, 0.25) is 0 Å². The van der Waals surface area contributed by atoms with Gasteiger partial charge in [-0.25, -0.2) is 4.79 Å². The first-order valence-electron chi connectivity index (χ1n) is 1.84. The predicted octanol–water partition coefficient (Wildman–Crippen LogP) is 0.860. The molecule has 0 spiro atoms. The van der Waals surface area contributed by atoms with Crippen LogP contribution in [0.1, 0.15) is 0 Å². The number of hydrogen-bond acceptors (Lipinski definition) is 4. The molecule has 0 aliphatic heterocycles. The van der Waals surface area contributed by atoms with Crippen LogP contribution in [0.3, 0.4) is 0 Å². The zero-order valence-corrected chi connectivity index (χ0v) is 6.08. The molecule has 2 nitrogen and oxygen atoms in total. The summed E-state index contributed by atoms with van der Waals surface area (Å²) in [4.78, 5) is 10.5. The van der Waals surface area contributed by atoms with Crippen molar-refractivity contribution >= 4 is 31.2 Å². The molecule has 4 heteroatoms. The van der Waals surface area contributed by atoms with Crippen LogP contribution in [0.25, 0.3) is 0 Å². The van der Waals surface area contributed by atoms with E-state index in [0.29, 0.717) is 0 Å². The Hall–Kier alpha value is -0.0900. The van der Waals surface area contributed by atoms with Crippen LogP contribution >= 0.6 is 25.3 Å². The molecule has 0 aliphatic carbocycles. The minimum Gasteiger partial charge on any atom is -0.465 e. The van der Waals surface area contributed by atoms with Gasteiger partial charge in [0.05, 0.1) is 12.0 Å². The number of esters is 1. The molecule has 0 radical (unpaired) electrons. The van der Waals surface area contributed by atoms with Crippen LogP contribution in [0.4, 0.5) is 0 Å². The summed E-state index contributed by atoms with van der Waals surface area (Å²) in [7, 11) is 1.29. The normalized spacial score (nSPS) is 11.1. The standard InChI is InChI=1S/C4H6O2S2/c1-6-4(5)3(8)2-7/h2,7-8H,1H3. The number of ether oxygens (including phenoxy) is 1. The Bertz CT molecular complexity index is 119. The van der Waals surface area contributed by atoms with Crippen molar-refractivity contribution < 1.29 is 9.53 Å². The van der Waals surface area contributed by atoms with E-state index in [2.05, 4.69) is 30.0 Å². The fourth-order valence-electron chi connectivity index (χ4n) is 0.157. The van der Waals surface area contributed by atoms with Crippen LogP contribution in [0.2, 0.25) is 0 Å². The van der Waals surface area contributed by atoms with Crippen molar-refractivity contribution in [3.8, 4) is 0 Å². The Morgan fingerprint density at radius 3 is 2.38 bits per heavy atom. The van der Waals surface area contributed by atoms with Crippen LogP contribution in [-0.2, 0) is 9.53 Å². The molecule has 0 unspecified atom stereocenters. The molecule has 0 amide bonds. The molecule has 0 aromatic heterocycles. The molecular formula is C4H6O2S2. The van der Waals surface area contributed by atoms with E-state index in [1.54, 1.807) is 0 Å².